The third-order valence-corrected chi connectivity index (χ3v) is 10.1. The molecule has 6 aromatic carbocycles. The summed E-state index contributed by atoms with van der Waals surface area (Å²) in [6, 6.07) is 56.2. The molecule has 0 spiro atoms. The zero-order chi connectivity index (χ0) is 34.0. The van der Waals surface area contributed by atoms with Crippen LogP contribution in [0.3, 0.4) is 0 Å². The lowest BCUT2D eigenvalue weighted by atomic mass is 10.1. The van der Waals surface area contributed by atoms with Crippen LogP contribution in [0.15, 0.2) is 170 Å². The van der Waals surface area contributed by atoms with Gasteiger partial charge < -0.3 is 21.0 Å². The first-order valence-corrected chi connectivity index (χ1v) is 18.2. The van der Waals surface area contributed by atoms with Crippen molar-refractivity contribution in [3.8, 4) is 28.7 Å². The monoisotopic (exact) mass is 679 g/mol. The average Bonchev–Trinajstić information content (AvgIpc) is 3.17. The van der Waals surface area contributed by atoms with Crippen LogP contribution < -0.4 is 21.0 Å². The zero-order valence-corrected chi connectivity index (χ0v) is 28.6. The standard InChI is InChI=1S/C24H19NO2.C19H14N2O2.Al/c26-22-13-17-24(18-14-22)27-23-15-11-21(12-16-23)25(19-7-3-1-4-8-19)20-9-5-2-6-10-20;22-16-5-1-3-12-7-9-14(20-18(12)16)11-15-10-8-13-4-2-6-17(23)19(13)21-15;/h1-18,26H;1-10,22-23H,11H2;/q;;+3/p-3. The molecule has 0 saturated carbocycles. The van der Waals surface area contributed by atoms with E-state index in [0.29, 0.717) is 29.4 Å². The van der Waals surface area contributed by atoms with E-state index < -0.39 is 15.1 Å². The van der Waals surface area contributed by atoms with E-state index in [1.807, 2.05) is 121 Å². The molecular formula is C43H30AlN3O4. The van der Waals surface area contributed by atoms with Gasteiger partial charge in [0.05, 0.1) is 5.75 Å². The molecule has 2 aromatic heterocycles. The molecule has 1 aliphatic rings. The van der Waals surface area contributed by atoms with Gasteiger partial charge in [-0.25, -0.2) is 9.97 Å². The van der Waals surface area contributed by atoms with Crippen molar-refractivity contribution in [2.45, 2.75) is 6.42 Å². The van der Waals surface area contributed by atoms with Crippen LogP contribution in [0.2, 0.25) is 0 Å². The molecule has 4 bridgehead atoms. The number of nitrogens with zero attached hydrogens (tertiary/aromatic N) is 3. The number of hydrogen-bond acceptors (Lipinski definition) is 7. The quantitative estimate of drug-likeness (QED) is 0.155. The Morgan fingerprint density at radius 2 is 0.922 bits per heavy atom. The fourth-order valence-electron chi connectivity index (χ4n) is 6.27. The largest absolute Gasteiger partial charge is 1.20 e. The van der Waals surface area contributed by atoms with E-state index in [-0.39, 0.29) is 0 Å². The highest BCUT2D eigenvalue weighted by Gasteiger charge is 2.45. The Hall–Kier alpha value is -6.33. The minimum atomic E-state index is -2.90. The molecule has 0 radical (unpaired) electrons. The summed E-state index contributed by atoms with van der Waals surface area (Å²) in [4.78, 5) is 12.1. The Labute approximate surface area is 300 Å². The Bertz CT molecular complexity index is 2340. The smallest absolute Gasteiger partial charge is 0.577 e. The number of hydrogen-bond donors (Lipinski definition) is 0. The molecule has 3 heterocycles. The molecule has 0 amide bonds. The third kappa shape index (κ3) is 6.54. The van der Waals surface area contributed by atoms with Crippen LogP contribution in [0.4, 0.5) is 17.1 Å². The third-order valence-electron chi connectivity index (χ3n) is 8.71. The number of pyridine rings is 2. The topological polar surface area (TPSA) is 65.9 Å². The van der Waals surface area contributed by atoms with Crippen molar-refractivity contribution < 1.29 is 16.1 Å². The van der Waals surface area contributed by atoms with E-state index in [9.17, 15) is 0 Å². The molecule has 7 nitrogen and oxygen atoms in total. The van der Waals surface area contributed by atoms with Gasteiger partial charge in [-0.05, 0) is 97.1 Å². The zero-order valence-electron chi connectivity index (χ0n) is 27.4. The predicted octanol–water partition coefficient (Wildman–Crippen LogP) is 10.5. The van der Waals surface area contributed by atoms with E-state index in [1.165, 1.54) is 0 Å². The lowest BCUT2D eigenvalue weighted by molar-refractivity contribution is 0.309. The average molecular weight is 680 g/mol. The first kappa shape index (κ1) is 30.7. The molecule has 8 aromatic rings. The highest BCUT2D eigenvalue weighted by molar-refractivity contribution is 6.40. The number of fused-ring (bicyclic) bond motifs is 2. The highest BCUT2D eigenvalue weighted by Crippen LogP contribution is 2.36. The van der Waals surface area contributed by atoms with Crippen molar-refractivity contribution >= 4 is 54.0 Å². The normalized spacial score (nSPS) is 12.1. The van der Waals surface area contributed by atoms with Gasteiger partial charge in [0.15, 0.2) is 0 Å². The fourth-order valence-corrected chi connectivity index (χ4v) is 7.59. The second-order valence-corrected chi connectivity index (χ2v) is 13.4. The number of anilines is 3. The van der Waals surface area contributed by atoms with Crippen LogP contribution in [-0.2, 0) is 6.42 Å². The van der Waals surface area contributed by atoms with Crippen LogP contribution in [0.1, 0.15) is 11.4 Å². The lowest BCUT2D eigenvalue weighted by Gasteiger charge is -2.25. The van der Waals surface area contributed by atoms with Crippen molar-refractivity contribution in [2.75, 3.05) is 4.90 Å². The number of benzene rings is 6. The Morgan fingerprint density at radius 1 is 0.451 bits per heavy atom. The number of aromatic nitrogens is 2. The van der Waals surface area contributed by atoms with E-state index >= 15 is 0 Å². The van der Waals surface area contributed by atoms with Crippen molar-refractivity contribution in [1.82, 2.24) is 9.97 Å². The predicted molar refractivity (Wildman–Crippen MR) is 202 cm³/mol. The van der Waals surface area contributed by atoms with Crippen molar-refractivity contribution in [3.63, 3.8) is 0 Å². The van der Waals surface area contributed by atoms with Crippen LogP contribution in [0.5, 0.6) is 28.7 Å². The summed E-state index contributed by atoms with van der Waals surface area (Å²) < 4.78 is 25.8. The minimum absolute atomic E-state index is 0.601. The molecule has 0 atom stereocenters. The Balaban J connectivity index is 0.969. The summed E-state index contributed by atoms with van der Waals surface area (Å²) in [7, 11) is 0. The second-order valence-electron chi connectivity index (χ2n) is 12.2. The molecule has 244 valence electrons. The summed E-state index contributed by atoms with van der Waals surface area (Å²) in [5, 5.41) is 1.96. The fraction of sp³-hybridized carbons (Fsp3) is 0.0233. The summed E-state index contributed by atoms with van der Waals surface area (Å²) in [6.45, 7) is 0. The Morgan fingerprint density at radius 3 is 1.45 bits per heavy atom. The van der Waals surface area contributed by atoms with Crippen LogP contribution >= 0.6 is 0 Å². The molecule has 0 aliphatic carbocycles. The van der Waals surface area contributed by atoms with Crippen LogP contribution in [0.25, 0.3) is 21.8 Å². The maximum atomic E-state index is 6.55. The van der Waals surface area contributed by atoms with E-state index in [1.54, 1.807) is 0 Å². The molecule has 1 aliphatic heterocycles. The van der Waals surface area contributed by atoms with Crippen LogP contribution in [-0.4, -0.2) is 25.1 Å². The Kier molecular flexibility index (Phi) is 8.15. The molecule has 8 heteroatoms. The maximum Gasteiger partial charge on any atom is 1.20 e. The molecule has 0 N–H and O–H groups in total. The number of para-hydroxylation sites is 4. The molecule has 0 unspecified atom stereocenters. The van der Waals surface area contributed by atoms with Gasteiger partial charge in [0.25, 0.3) is 0 Å². The summed E-state index contributed by atoms with van der Waals surface area (Å²) in [6.07, 6.45) is 0.601. The summed E-state index contributed by atoms with van der Waals surface area (Å²) in [5.41, 5.74) is 6.54. The van der Waals surface area contributed by atoms with Gasteiger partial charge in [-0.1, -0.05) is 72.8 Å². The minimum Gasteiger partial charge on any atom is -0.577 e. The van der Waals surface area contributed by atoms with Gasteiger partial charge in [0, 0.05) is 45.6 Å². The van der Waals surface area contributed by atoms with Gasteiger partial charge in [0.2, 0.25) is 0 Å². The first-order valence-electron chi connectivity index (χ1n) is 16.8. The molecular weight excluding hydrogens is 649 g/mol. The highest BCUT2D eigenvalue weighted by atomic mass is 27.3. The van der Waals surface area contributed by atoms with Crippen molar-refractivity contribution in [1.29, 1.82) is 0 Å². The SMILES string of the molecule is c1ccc(N(c2ccccc2)c2ccc(Oc3ccc([O][Al]4[O]c5cccc6ccc(nc56)Cc5ccc6cccc(c6n5)[O]4)cc3)cc2)cc1. The molecule has 0 saturated heterocycles. The molecule has 9 rings (SSSR count). The van der Waals surface area contributed by atoms with Crippen molar-refractivity contribution in [3.05, 3.63) is 181 Å². The van der Waals surface area contributed by atoms with Crippen LogP contribution in [0, 0.1) is 0 Å². The van der Waals surface area contributed by atoms with Gasteiger partial charge in [-0.2, -0.15) is 0 Å². The molecule has 51 heavy (non-hydrogen) atoms. The van der Waals surface area contributed by atoms with Gasteiger partial charge in [-0.3, -0.25) is 0 Å². The first-order chi connectivity index (χ1) is 25.2. The number of rotatable bonds is 7. The maximum absolute atomic E-state index is 6.55. The summed E-state index contributed by atoms with van der Waals surface area (Å²) >= 11 is -2.90. The number of ether oxygens (including phenoxy) is 1. The summed E-state index contributed by atoms with van der Waals surface area (Å²) in [5.74, 6) is 3.25. The van der Waals surface area contributed by atoms with E-state index in [2.05, 4.69) is 53.4 Å². The second kappa shape index (κ2) is 13.5. The van der Waals surface area contributed by atoms with Gasteiger partial charge in [-0.15, -0.1) is 0 Å². The van der Waals surface area contributed by atoms with Gasteiger partial charge in [0.1, 0.15) is 34.0 Å². The molecule has 0 fully saturated rings. The van der Waals surface area contributed by atoms with E-state index in [4.69, 9.17) is 26.1 Å². The van der Waals surface area contributed by atoms with Gasteiger partial charge >= 0.3 is 15.1 Å². The lowest BCUT2D eigenvalue weighted by Crippen LogP contribution is -2.37. The van der Waals surface area contributed by atoms with Crippen molar-refractivity contribution in [2.24, 2.45) is 0 Å². The van der Waals surface area contributed by atoms with E-state index in [0.717, 1.165) is 56.0 Å².